The number of hydrogen-bond donors (Lipinski definition) is 0. The first-order chi connectivity index (χ1) is 13.2. The summed E-state index contributed by atoms with van der Waals surface area (Å²) < 4.78 is 2.97. The van der Waals surface area contributed by atoms with Gasteiger partial charge in [-0.05, 0) is 37.0 Å². The summed E-state index contributed by atoms with van der Waals surface area (Å²) in [5.41, 5.74) is 0.607. The number of aryl methyl sites for hydroxylation is 1. The van der Waals surface area contributed by atoms with Crippen molar-refractivity contribution in [2.45, 2.75) is 45.6 Å². The first kappa shape index (κ1) is 20.0. The van der Waals surface area contributed by atoms with E-state index in [9.17, 15) is 14.4 Å². The van der Waals surface area contributed by atoms with Crippen LogP contribution in [0.2, 0.25) is 0 Å². The van der Waals surface area contributed by atoms with E-state index in [1.54, 1.807) is 47.1 Å². The first-order valence-corrected chi connectivity index (χ1v) is 9.70. The molecule has 28 heavy (non-hydrogen) atoms. The zero-order valence-corrected chi connectivity index (χ0v) is 17.0. The molecule has 1 saturated heterocycles. The Bertz CT molecular complexity index is 976. The highest BCUT2D eigenvalue weighted by molar-refractivity contribution is 5.93. The van der Waals surface area contributed by atoms with Gasteiger partial charge in [-0.2, -0.15) is 5.10 Å². The number of aromatic nitrogens is 3. The third-order valence-electron chi connectivity index (χ3n) is 5.32. The quantitative estimate of drug-likeness (QED) is 0.808. The Kier molecular flexibility index (Phi) is 5.54. The van der Waals surface area contributed by atoms with Crippen LogP contribution in [0.1, 0.15) is 49.7 Å². The molecular formula is C21H28N4O3. The molecule has 1 amide bonds. The Morgan fingerprint density at radius 3 is 2.46 bits per heavy atom. The van der Waals surface area contributed by atoms with Crippen molar-refractivity contribution in [1.82, 2.24) is 19.2 Å². The summed E-state index contributed by atoms with van der Waals surface area (Å²) in [5.74, 6) is 0.0627. The van der Waals surface area contributed by atoms with Crippen molar-refractivity contribution in [1.29, 1.82) is 0 Å². The van der Waals surface area contributed by atoms with Crippen molar-refractivity contribution < 1.29 is 4.79 Å². The van der Waals surface area contributed by atoms with Gasteiger partial charge in [0.25, 0.3) is 17.0 Å². The monoisotopic (exact) mass is 384 g/mol. The van der Waals surface area contributed by atoms with Gasteiger partial charge in [0.05, 0.1) is 5.69 Å². The molecule has 0 bridgehead atoms. The van der Waals surface area contributed by atoms with E-state index in [2.05, 4.69) is 25.9 Å². The molecule has 1 aliphatic heterocycles. The fourth-order valence-electron chi connectivity index (χ4n) is 3.47. The molecule has 7 heteroatoms. The summed E-state index contributed by atoms with van der Waals surface area (Å²) in [6, 6.07) is 6.66. The standard InChI is InChI=1S/C21H28N4O3/c1-21(2,3)17-7-8-18(26)25(22-17)14-15-9-12-24(13-10-15)20(28)16-6-5-11-23(4)19(16)27/h5-8,11,15H,9-10,12-14H2,1-4H3. The van der Waals surface area contributed by atoms with Crippen LogP contribution in [-0.4, -0.2) is 38.2 Å². The van der Waals surface area contributed by atoms with E-state index < -0.39 is 0 Å². The molecule has 7 nitrogen and oxygen atoms in total. The molecule has 2 aromatic heterocycles. The van der Waals surface area contributed by atoms with Gasteiger partial charge < -0.3 is 9.47 Å². The van der Waals surface area contributed by atoms with Gasteiger partial charge in [-0.25, -0.2) is 4.68 Å². The maximum Gasteiger partial charge on any atom is 0.266 e. The van der Waals surface area contributed by atoms with Crippen molar-refractivity contribution in [3.63, 3.8) is 0 Å². The van der Waals surface area contributed by atoms with Crippen LogP contribution >= 0.6 is 0 Å². The van der Waals surface area contributed by atoms with E-state index in [-0.39, 0.29) is 33.9 Å². The van der Waals surface area contributed by atoms with Crippen molar-refractivity contribution in [3.8, 4) is 0 Å². The molecule has 3 rings (SSSR count). The van der Waals surface area contributed by atoms with E-state index in [0.29, 0.717) is 19.6 Å². The van der Waals surface area contributed by atoms with Crippen molar-refractivity contribution in [2.75, 3.05) is 13.1 Å². The molecular weight excluding hydrogens is 356 g/mol. The number of nitrogens with zero attached hydrogens (tertiary/aromatic N) is 4. The van der Waals surface area contributed by atoms with Gasteiger partial charge in [0, 0.05) is 44.4 Å². The highest BCUT2D eigenvalue weighted by atomic mass is 16.2. The number of piperidine rings is 1. The SMILES string of the molecule is Cn1cccc(C(=O)N2CCC(Cn3nc(C(C)(C)C)ccc3=O)CC2)c1=O. The predicted octanol–water partition coefficient (Wildman–Crippen LogP) is 1.79. The summed E-state index contributed by atoms with van der Waals surface area (Å²) in [7, 11) is 1.64. The molecule has 2 aromatic rings. The number of likely N-dealkylation sites (tertiary alicyclic amines) is 1. The largest absolute Gasteiger partial charge is 0.338 e. The number of carbonyl (C=O) groups excluding carboxylic acids is 1. The topological polar surface area (TPSA) is 77.2 Å². The molecule has 0 aromatic carbocycles. The predicted molar refractivity (Wildman–Crippen MR) is 108 cm³/mol. The summed E-state index contributed by atoms with van der Waals surface area (Å²) in [4.78, 5) is 38.8. The van der Waals surface area contributed by atoms with Gasteiger partial charge in [0.2, 0.25) is 0 Å². The Hall–Kier alpha value is -2.70. The molecule has 0 atom stereocenters. The second-order valence-corrected chi connectivity index (χ2v) is 8.56. The van der Waals surface area contributed by atoms with E-state index in [1.807, 2.05) is 0 Å². The van der Waals surface area contributed by atoms with E-state index >= 15 is 0 Å². The summed E-state index contributed by atoms with van der Waals surface area (Å²) in [6.45, 7) is 7.93. The maximum absolute atomic E-state index is 12.7. The van der Waals surface area contributed by atoms with Gasteiger partial charge in [-0.1, -0.05) is 20.8 Å². The lowest BCUT2D eigenvalue weighted by Crippen LogP contribution is -2.42. The highest BCUT2D eigenvalue weighted by Gasteiger charge is 2.26. The second-order valence-electron chi connectivity index (χ2n) is 8.56. The van der Waals surface area contributed by atoms with Crippen LogP contribution in [0.25, 0.3) is 0 Å². The Labute approximate surface area is 164 Å². The fraction of sp³-hybridized carbons (Fsp3) is 0.524. The number of hydrogen-bond acceptors (Lipinski definition) is 4. The first-order valence-electron chi connectivity index (χ1n) is 9.70. The molecule has 0 aliphatic carbocycles. The third kappa shape index (κ3) is 4.24. The van der Waals surface area contributed by atoms with Gasteiger partial charge in [0.15, 0.2) is 0 Å². The molecule has 0 radical (unpaired) electrons. The summed E-state index contributed by atoms with van der Waals surface area (Å²) >= 11 is 0. The van der Waals surface area contributed by atoms with Gasteiger partial charge in [-0.15, -0.1) is 0 Å². The minimum Gasteiger partial charge on any atom is -0.338 e. The normalized spacial score (nSPS) is 15.6. The number of rotatable bonds is 3. The van der Waals surface area contributed by atoms with Gasteiger partial charge >= 0.3 is 0 Å². The highest BCUT2D eigenvalue weighted by Crippen LogP contribution is 2.21. The van der Waals surface area contributed by atoms with Crippen LogP contribution in [-0.2, 0) is 19.0 Å². The Morgan fingerprint density at radius 2 is 1.82 bits per heavy atom. The average molecular weight is 384 g/mol. The number of pyridine rings is 1. The molecule has 0 saturated carbocycles. The smallest absolute Gasteiger partial charge is 0.266 e. The van der Waals surface area contributed by atoms with Crippen molar-refractivity contribution >= 4 is 5.91 Å². The van der Waals surface area contributed by atoms with Gasteiger partial charge in [0.1, 0.15) is 5.56 Å². The molecule has 1 aliphatic rings. The van der Waals surface area contributed by atoms with E-state index in [4.69, 9.17) is 0 Å². The minimum absolute atomic E-state index is 0.0979. The number of amides is 1. The fourth-order valence-corrected chi connectivity index (χ4v) is 3.47. The lowest BCUT2D eigenvalue weighted by atomic mass is 9.92. The Morgan fingerprint density at radius 1 is 1.14 bits per heavy atom. The zero-order valence-electron chi connectivity index (χ0n) is 17.0. The average Bonchev–Trinajstić information content (AvgIpc) is 2.65. The second kappa shape index (κ2) is 7.73. The van der Waals surface area contributed by atoms with Crippen LogP contribution in [0.4, 0.5) is 0 Å². The molecule has 3 heterocycles. The van der Waals surface area contributed by atoms with Gasteiger partial charge in [-0.3, -0.25) is 14.4 Å². The van der Waals surface area contributed by atoms with Crippen LogP contribution in [0.3, 0.4) is 0 Å². The van der Waals surface area contributed by atoms with Crippen molar-refractivity contribution in [3.05, 3.63) is 62.4 Å². The van der Waals surface area contributed by atoms with E-state index in [0.717, 1.165) is 18.5 Å². The summed E-state index contributed by atoms with van der Waals surface area (Å²) in [6.07, 6.45) is 3.21. The molecule has 0 unspecified atom stereocenters. The maximum atomic E-state index is 12.7. The van der Waals surface area contributed by atoms with Crippen molar-refractivity contribution in [2.24, 2.45) is 13.0 Å². The minimum atomic E-state index is -0.274. The van der Waals surface area contributed by atoms with Crippen LogP contribution in [0, 0.1) is 5.92 Å². The van der Waals surface area contributed by atoms with Crippen LogP contribution < -0.4 is 11.1 Å². The molecule has 1 fully saturated rings. The molecule has 150 valence electrons. The number of carbonyl (C=O) groups is 1. The Balaban J connectivity index is 1.66. The summed E-state index contributed by atoms with van der Waals surface area (Å²) in [5, 5.41) is 4.54. The van der Waals surface area contributed by atoms with E-state index in [1.165, 1.54) is 4.57 Å². The van der Waals surface area contributed by atoms with Crippen LogP contribution in [0.15, 0.2) is 40.1 Å². The molecule has 0 spiro atoms. The lowest BCUT2D eigenvalue weighted by Gasteiger charge is -2.32. The third-order valence-corrected chi connectivity index (χ3v) is 5.32. The molecule has 0 N–H and O–H groups in total. The lowest BCUT2D eigenvalue weighted by molar-refractivity contribution is 0.0678. The van der Waals surface area contributed by atoms with Crippen LogP contribution in [0.5, 0.6) is 0 Å². The zero-order chi connectivity index (χ0) is 20.5.